The van der Waals surface area contributed by atoms with E-state index < -0.39 is 10.8 Å². The van der Waals surface area contributed by atoms with Crippen LogP contribution < -0.4 is 5.32 Å². The van der Waals surface area contributed by atoms with Gasteiger partial charge in [0, 0.05) is 29.5 Å². The van der Waals surface area contributed by atoms with Crippen LogP contribution in [0.4, 0.5) is 15.8 Å². The van der Waals surface area contributed by atoms with E-state index in [9.17, 15) is 24.6 Å². The predicted octanol–water partition coefficient (Wildman–Crippen LogP) is 4.54. The average Bonchev–Trinajstić information content (AvgIpc) is 3.15. The standard InChI is InChI=1S/C20H12FN3O4/c21-15-3-1-13(2-4-15)19-10-9-18(28-19)11-14(12-22)20(25)23-16-5-7-17(8-6-16)24(26)27/h1-11H,(H,23,25)/b14-11+. The highest BCUT2D eigenvalue weighted by Gasteiger charge is 2.12. The summed E-state index contributed by atoms with van der Waals surface area (Å²) in [5.41, 5.74) is 0.634. The summed E-state index contributed by atoms with van der Waals surface area (Å²) in [5.74, 6) is -0.324. The van der Waals surface area contributed by atoms with Crippen LogP contribution in [0, 0.1) is 27.3 Å². The number of carbonyl (C=O) groups excluding carboxylic acids is 1. The van der Waals surface area contributed by atoms with Crippen molar-refractivity contribution in [2.75, 3.05) is 5.32 Å². The molecule has 28 heavy (non-hydrogen) atoms. The summed E-state index contributed by atoms with van der Waals surface area (Å²) in [6, 6.07) is 15.9. The molecule has 0 aliphatic rings. The first-order valence-corrected chi connectivity index (χ1v) is 7.99. The number of nitrogens with zero attached hydrogens (tertiary/aromatic N) is 2. The molecule has 1 aromatic heterocycles. The number of nitrogens with one attached hydrogen (secondary N) is 1. The maximum absolute atomic E-state index is 13.0. The lowest BCUT2D eigenvalue weighted by Crippen LogP contribution is -2.13. The van der Waals surface area contributed by atoms with E-state index in [0.717, 1.165) is 0 Å². The molecular weight excluding hydrogens is 365 g/mol. The lowest BCUT2D eigenvalue weighted by atomic mass is 10.2. The Bertz CT molecular complexity index is 1090. The summed E-state index contributed by atoms with van der Waals surface area (Å²) in [5, 5.41) is 22.4. The molecule has 0 fully saturated rings. The Kier molecular flexibility index (Phi) is 5.28. The number of carbonyl (C=O) groups is 1. The van der Waals surface area contributed by atoms with Crippen LogP contribution in [-0.4, -0.2) is 10.8 Å². The molecule has 0 spiro atoms. The number of nitro benzene ring substituents is 1. The predicted molar refractivity (Wildman–Crippen MR) is 99.4 cm³/mol. The Labute approximate surface area is 158 Å². The van der Waals surface area contributed by atoms with E-state index in [-0.39, 0.29) is 22.8 Å². The Balaban J connectivity index is 1.76. The van der Waals surface area contributed by atoms with Gasteiger partial charge in [0.25, 0.3) is 11.6 Å². The van der Waals surface area contributed by atoms with Crippen molar-refractivity contribution < 1.29 is 18.5 Å². The Morgan fingerprint density at radius 2 is 1.79 bits per heavy atom. The summed E-state index contributed by atoms with van der Waals surface area (Å²) in [7, 11) is 0. The molecule has 1 heterocycles. The number of amides is 1. The first-order valence-electron chi connectivity index (χ1n) is 7.99. The van der Waals surface area contributed by atoms with Gasteiger partial charge in [-0.2, -0.15) is 5.26 Å². The Hall–Kier alpha value is -4.25. The quantitative estimate of drug-likeness (QED) is 0.304. The fraction of sp³-hybridized carbons (Fsp3) is 0. The largest absolute Gasteiger partial charge is 0.457 e. The molecule has 0 unspecified atom stereocenters. The van der Waals surface area contributed by atoms with Gasteiger partial charge in [-0.25, -0.2) is 4.39 Å². The van der Waals surface area contributed by atoms with Gasteiger partial charge in [0.05, 0.1) is 4.92 Å². The minimum Gasteiger partial charge on any atom is -0.457 e. The van der Waals surface area contributed by atoms with Crippen LogP contribution in [0.15, 0.2) is 70.7 Å². The molecule has 2 aromatic carbocycles. The zero-order chi connectivity index (χ0) is 20.1. The van der Waals surface area contributed by atoms with E-state index in [0.29, 0.717) is 17.0 Å². The minimum absolute atomic E-state index is 0.113. The molecule has 0 saturated carbocycles. The van der Waals surface area contributed by atoms with Crippen LogP contribution in [0.5, 0.6) is 0 Å². The summed E-state index contributed by atoms with van der Waals surface area (Å²) in [6.07, 6.45) is 1.27. The molecule has 0 atom stereocenters. The third kappa shape index (κ3) is 4.28. The molecule has 0 radical (unpaired) electrons. The van der Waals surface area contributed by atoms with Crippen LogP contribution in [0.1, 0.15) is 5.76 Å². The number of hydrogen-bond donors (Lipinski definition) is 1. The maximum Gasteiger partial charge on any atom is 0.269 e. The number of anilines is 1. The molecular formula is C20H12FN3O4. The zero-order valence-electron chi connectivity index (χ0n) is 14.3. The number of benzene rings is 2. The SMILES string of the molecule is N#C/C(=C\c1ccc(-c2ccc(F)cc2)o1)C(=O)Nc1ccc([N+](=O)[O-])cc1. The molecule has 3 aromatic rings. The zero-order valence-corrected chi connectivity index (χ0v) is 14.3. The molecule has 7 nitrogen and oxygen atoms in total. The smallest absolute Gasteiger partial charge is 0.269 e. The topological polar surface area (TPSA) is 109 Å². The summed E-state index contributed by atoms with van der Waals surface area (Å²) >= 11 is 0. The van der Waals surface area contributed by atoms with Crippen molar-refractivity contribution in [2.45, 2.75) is 0 Å². The lowest BCUT2D eigenvalue weighted by Gasteiger charge is -2.03. The molecule has 8 heteroatoms. The highest BCUT2D eigenvalue weighted by Crippen LogP contribution is 2.24. The van der Waals surface area contributed by atoms with Gasteiger partial charge in [-0.15, -0.1) is 0 Å². The number of halogens is 1. The third-order valence-corrected chi connectivity index (χ3v) is 3.74. The number of hydrogen-bond acceptors (Lipinski definition) is 5. The van der Waals surface area contributed by atoms with E-state index in [4.69, 9.17) is 4.42 Å². The highest BCUT2D eigenvalue weighted by atomic mass is 19.1. The fourth-order valence-corrected chi connectivity index (χ4v) is 2.36. The first kappa shape index (κ1) is 18.5. The molecule has 3 rings (SSSR count). The van der Waals surface area contributed by atoms with Gasteiger partial charge in [-0.1, -0.05) is 0 Å². The van der Waals surface area contributed by atoms with Crippen molar-refractivity contribution in [3.05, 3.63) is 87.9 Å². The normalized spacial score (nSPS) is 10.9. The molecule has 0 bridgehead atoms. The fourth-order valence-electron chi connectivity index (χ4n) is 2.36. The number of nitro groups is 1. The van der Waals surface area contributed by atoms with E-state index in [1.807, 2.05) is 0 Å². The maximum atomic E-state index is 13.0. The Morgan fingerprint density at radius 1 is 1.11 bits per heavy atom. The van der Waals surface area contributed by atoms with Gasteiger partial charge in [0.1, 0.15) is 29.0 Å². The molecule has 1 N–H and O–H groups in total. The van der Waals surface area contributed by atoms with Crippen molar-refractivity contribution in [2.24, 2.45) is 0 Å². The summed E-state index contributed by atoms with van der Waals surface area (Å²) in [6.45, 7) is 0. The van der Waals surface area contributed by atoms with Gasteiger partial charge >= 0.3 is 0 Å². The average molecular weight is 377 g/mol. The monoisotopic (exact) mass is 377 g/mol. The number of furan rings is 1. The first-order chi connectivity index (χ1) is 13.5. The van der Waals surface area contributed by atoms with Crippen molar-refractivity contribution in [3.8, 4) is 17.4 Å². The molecule has 0 saturated heterocycles. The molecule has 0 aliphatic carbocycles. The highest BCUT2D eigenvalue weighted by molar-refractivity contribution is 6.09. The molecule has 1 amide bonds. The van der Waals surface area contributed by atoms with E-state index >= 15 is 0 Å². The van der Waals surface area contributed by atoms with Gasteiger partial charge in [-0.05, 0) is 48.5 Å². The van der Waals surface area contributed by atoms with Gasteiger partial charge < -0.3 is 9.73 Å². The van der Waals surface area contributed by atoms with Gasteiger partial charge in [0.2, 0.25) is 0 Å². The van der Waals surface area contributed by atoms with Crippen molar-refractivity contribution in [1.29, 1.82) is 5.26 Å². The molecule has 138 valence electrons. The number of non-ortho nitro benzene ring substituents is 1. The number of rotatable bonds is 5. The van der Waals surface area contributed by atoms with Crippen molar-refractivity contribution in [3.63, 3.8) is 0 Å². The second-order valence-electron chi connectivity index (χ2n) is 5.64. The summed E-state index contributed by atoms with van der Waals surface area (Å²) in [4.78, 5) is 22.4. The van der Waals surface area contributed by atoms with E-state index in [1.165, 1.54) is 42.5 Å². The van der Waals surface area contributed by atoms with Crippen LogP contribution in [0.2, 0.25) is 0 Å². The van der Waals surface area contributed by atoms with Crippen molar-refractivity contribution in [1.82, 2.24) is 0 Å². The van der Waals surface area contributed by atoms with Crippen LogP contribution in [0.3, 0.4) is 0 Å². The van der Waals surface area contributed by atoms with Gasteiger partial charge in [-0.3, -0.25) is 14.9 Å². The van der Waals surface area contributed by atoms with E-state index in [2.05, 4.69) is 5.32 Å². The lowest BCUT2D eigenvalue weighted by molar-refractivity contribution is -0.384. The van der Waals surface area contributed by atoms with Crippen LogP contribution >= 0.6 is 0 Å². The third-order valence-electron chi connectivity index (χ3n) is 3.74. The minimum atomic E-state index is -0.684. The number of nitriles is 1. The second-order valence-corrected chi connectivity index (χ2v) is 5.64. The summed E-state index contributed by atoms with van der Waals surface area (Å²) < 4.78 is 18.6. The second kappa shape index (κ2) is 7.97. The van der Waals surface area contributed by atoms with Gasteiger partial charge in [0.15, 0.2) is 0 Å². The molecule has 0 aliphatic heterocycles. The van der Waals surface area contributed by atoms with Crippen molar-refractivity contribution >= 4 is 23.4 Å². The van der Waals surface area contributed by atoms with E-state index in [1.54, 1.807) is 30.3 Å². The van der Waals surface area contributed by atoms with Crippen LogP contribution in [0.25, 0.3) is 17.4 Å². The van der Waals surface area contributed by atoms with Crippen LogP contribution in [-0.2, 0) is 4.79 Å². The Morgan fingerprint density at radius 3 is 2.39 bits per heavy atom.